The Bertz CT molecular complexity index is 1260. The van der Waals surface area contributed by atoms with Crippen LogP contribution < -0.4 is 0 Å². The number of hydrogen-bond donors (Lipinski definition) is 1. The number of rotatable bonds is 7. The molecule has 1 heterocycles. The molecule has 5 saturated carbocycles. The number of carbonyl (C=O) groups excluding carboxylic acids is 3. The Labute approximate surface area is 255 Å². The summed E-state index contributed by atoms with van der Waals surface area (Å²) in [4.78, 5) is 41.8. The van der Waals surface area contributed by atoms with Crippen LogP contribution in [0.5, 0.6) is 0 Å². The number of esters is 1. The monoisotopic (exact) mass is 595 g/mol. The van der Waals surface area contributed by atoms with E-state index in [1.54, 1.807) is 6.08 Å². The van der Waals surface area contributed by atoms with Gasteiger partial charge in [0.25, 0.3) is 0 Å². The van der Waals surface area contributed by atoms with E-state index in [4.69, 9.17) is 14.2 Å². The smallest absolute Gasteiger partial charge is 0.313 e. The van der Waals surface area contributed by atoms with Gasteiger partial charge in [0, 0.05) is 24.3 Å². The van der Waals surface area contributed by atoms with Gasteiger partial charge in [-0.2, -0.15) is 0 Å². The van der Waals surface area contributed by atoms with Crippen molar-refractivity contribution in [2.45, 2.75) is 103 Å². The second kappa shape index (κ2) is 10.4. The number of allylic oxidation sites excluding steroid dienone is 2. The fraction of sp³-hybridized carbons (Fsp3) is 0.800. The zero-order valence-electron chi connectivity index (χ0n) is 26.4. The second-order valence-electron chi connectivity index (χ2n) is 15.7. The highest BCUT2D eigenvalue weighted by molar-refractivity contribution is 6.05. The number of fused-ring (bicyclic) bond motifs is 6. The molecule has 3 unspecified atom stereocenters. The lowest BCUT2D eigenvalue weighted by atomic mass is 9.46. The Morgan fingerprint density at radius 1 is 1.05 bits per heavy atom. The minimum absolute atomic E-state index is 0.0108. The molecule has 43 heavy (non-hydrogen) atoms. The van der Waals surface area contributed by atoms with Gasteiger partial charge in [0.05, 0.1) is 16.9 Å². The van der Waals surface area contributed by atoms with E-state index in [0.29, 0.717) is 24.5 Å². The van der Waals surface area contributed by atoms with Crippen molar-refractivity contribution in [2.24, 2.45) is 45.8 Å². The van der Waals surface area contributed by atoms with Gasteiger partial charge >= 0.3 is 5.97 Å². The fourth-order valence-corrected chi connectivity index (χ4v) is 10.7. The summed E-state index contributed by atoms with van der Waals surface area (Å²) in [5.74, 6) is 1.04. The average Bonchev–Trinajstić information content (AvgIpc) is 3.43. The number of aliphatic hydroxyl groups is 1. The molecule has 7 aliphatic rings. The Balaban J connectivity index is 1.09. The van der Waals surface area contributed by atoms with E-state index < -0.39 is 23.2 Å². The van der Waals surface area contributed by atoms with Crippen molar-refractivity contribution in [2.75, 3.05) is 27.2 Å². The largest absolute Gasteiger partial charge is 0.457 e. The van der Waals surface area contributed by atoms with Gasteiger partial charge in [0.2, 0.25) is 17.8 Å². The van der Waals surface area contributed by atoms with Gasteiger partial charge in [-0.15, -0.1) is 0 Å². The lowest BCUT2D eigenvalue weighted by Gasteiger charge is -2.59. The van der Waals surface area contributed by atoms with Gasteiger partial charge in [-0.3, -0.25) is 14.4 Å². The summed E-state index contributed by atoms with van der Waals surface area (Å²) in [6, 6.07) is 0. The first-order valence-electron chi connectivity index (χ1n) is 16.8. The van der Waals surface area contributed by atoms with E-state index >= 15 is 0 Å². The Morgan fingerprint density at radius 2 is 1.79 bits per heavy atom. The number of carbonyl (C=O) groups is 3. The zero-order chi connectivity index (χ0) is 30.3. The van der Waals surface area contributed by atoms with Crippen LogP contribution in [0.4, 0.5) is 0 Å². The summed E-state index contributed by atoms with van der Waals surface area (Å²) < 4.78 is 18.6. The third-order valence-electron chi connectivity index (χ3n) is 12.9. The molecule has 1 N–H and O–H groups in total. The maximum Gasteiger partial charge on any atom is 0.313 e. The minimum atomic E-state index is -0.648. The van der Waals surface area contributed by atoms with Crippen LogP contribution >= 0.6 is 0 Å². The van der Waals surface area contributed by atoms with Crippen molar-refractivity contribution < 1.29 is 33.7 Å². The summed E-state index contributed by atoms with van der Waals surface area (Å²) >= 11 is 0. The lowest BCUT2D eigenvalue weighted by molar-refractivity contribution is -0.159. The Hall–Kier alpha value is -2.19. The van der Waals surface area contributed by atoms with Crippen LogP contribution in [-0.4, -0.2) is 67.2 Å². The molecule has 0 spiro atoms. The molecule has 0 aromatic heterocycles. The molecule has 0 amide bonds. The van der Waals surface area contributed by atoms with Crippen LogP contribution in [0.1, 0.15) is 90.9 Å². The molecule has 5 fully saturated rings. The van der Waals surface area contributed by atoms with E-state index in [1.807, 2.05) is 19.0 Å². The van der Waals surface area contributed by atoms with Crippen molar-refractivity contribution in [3.05, 3.63) is 23.2 Å². The number of ether oxygens (including phenoxy) is 3. The van der Waals surface area contributed by atoms with Gasteiger partial charge in [0.15, 0.2) is 11.5 Å². The second-order valence-corrected chi connectivity index (χ2v) is 15.7. The maximum absolute atomic E-state index is 13.6. The van der Waals surface area contributed by atoms with Crippen LogP contribution in [0, 0.1) is 45.8 Å². The van der Waals surface area contributed by atoms with Crippen molar-refractivity contribution >= 4 is 17.5 Å². The molecule has 6 aliphatic carbocycles. The number of ketones is 2. The molecule has 0 aromatic carbocycles. The van der Waals surface area contributed by atoms with E-state index in [0.717, 1.165) is 69.8 Å². The molecule has 236 valence electrons. The van der Waals surface area contributed by atoms with Gasteiger partial charge < -0.3 is 24.2 Å². The van der Waals surface area contributed by atoms with E-state index in [-0.39, 0.29) is 59.1 Å². The molecular formula is C35H49NO7. The van der Waals surface area contributed by atoms with Crippen molar-refractivity contribution in [3.63, 3.8) is 0 Å². The van der Waals surface area contributed by atoms with Gasteiger partial charge in [-0.1, -0.05) is 31.8 Å². The van der Waals surface area contributed by atoms with Crippen LogP contribution in [0.25, 0.3) is 0 Å². The maximum atomic E-state index is 13.6. The first kappa shape index (κ1) is 29.5. The van der Waals surface area contributed by atoms with Crippen LogP contribution in [0.15, 0.2) is 23.2 Å². The van der Waals surface area contributed by atoms with Crippen molar-refractivity contribution in [3.8, 4) is 0 Å². The third-order valence-corrected chi connectivity index (χ3v) is 12.9. The third kappa shape index (κ3) is 4.55. The molecule has 8 atom stereocenters. The van der Waals surface area contributed by atoms with Crippen LogP contribution in [-0.2, 0) is 28.6 Å². The molecule has 0 bridgehead atoms. The molecular weight excluding hydrogens is 546 g/mol. The summed E-state index contributed by atoms with van der Waals surface area (Å²) in [7, 11) is 3.90. The summed E-state index contributed by atoms with van der Waals surface area (Å²) in [6.07, 6.45) is 11.8. The molecule has 0 radical (unpaired) electrons. The van der Waals surface area contributed by atoms with Crippen LogP contribution in [0.3, 0.4) is 0 Å². The Kier molecular flexibility index (Phi) is 7.16. The minimum Gasteiger partial charge on any atom is -0.457 e. The first-order valence-corrected chi connectivity index (χ1v) is 16.8. The highest BCUT2D eigenvalue weighted by atomic mass is 16.7. The fourth-order valence-electron chi connectivity index (χ4n) is 10.7. The average molecular weight is 596 g/mol. The summed E-state index contributed by atoms with van der Waals surface area (Å²) in [5.41, 5.74) is -0.363. The molecule has 0 saturated heterocycles. The molecule has 7 rings (SSSR count). The first-order chi connectivity index (χ1) is 20.5. The number of Topliss-reactive ketones (excluding diaryl/α,β-unsaturated/α-hetero) is 1. The van der Waals surface area contributed by atoms with Crippen molar-refractivity contribution in [1.82, 2.24) is 4.90 Å². The standard InChI is InChI=1S/C35H49NO7/c1-33-17-26(38)28-22(23(33)12-13-24(33)27(39)18-41-32(40)35(14-15-35)19-36(3)4)11-10-21-16-25(37)29-30(34(21,28)2)43-31(42-29)20-8-6-5-7-9-20/h16,20,22-24,26,28,31,38H,5-15,17-19H2,1-4H3/t22?,23?,24-,26+,28?,31+,33+,34+/m1/s1. The number of hydrogen-bond acceptors (Lipinski definition) is 8. The predicted octanol–water partition coefficient (Wildman–Crippen LogP) is 4.94. The highest BCUT2D eigenvalue weighted by Gasteiger charge is 2.66. The predicted molar refractivity (Wildman–Crippen MR) is 158 cm³/mol. The zero-order valence-corrected chi connectivity index (χ0v) is 26.4. The Morgan fingerprint density at radius 3 is 2.49 bits per heavy atom. The van der Waals surface area contributed by atoms with E-state index in [9.17, 15) is 19.5 Å². The van der Waals surface area contributed by atoms with Crippen LogP contribution in [0.2, 0.25) is 0 Å². The number of aliphatic hydroxyl groups excluding tert-OH is 1. The van der Waals surface area contributed by atoms with Gasteiger partial charge in [-0.25, -0.2) is 0 Å². The lowest BCUT2D eigenvalue weighted by Crippen LogP contribution is -2.57. The van der Waals surface area contributed by atoms with E-state index in [1.165, 1.54) is 6.42 Å². The SMILES string of the molecule is CN(C)CC1(C(=O)OCC(=O)[C@H]2CCC3C4CCC5=CC(=O)C6=C(O[C@@H](C7CCCCC7)O6)[C@]5(C)C4[C@@H](O)C[C@@]32C)CC1. The van der Waals surface area contributed by atoms with Gasteiger partial charge in [-0.05, 0) is 102 Å². The summed E-state index contributed by atoms with van der Waals surface area (Å²) in [5, 5.41) is 12.0. The summed E-state index contributed by atoms with van der Waals surface area (Å²) in [6.45, 7) is 4.81. The van der Waals surface area contributed by atoms with Gasteiger partial charge in [0.1, 0.15) is 6.61 Å². The molecule has 1 aliphatic heterocycles. The quantitative estimate of drug-likeness (QED) is 0.413. The molecule has 8 nitrogen and oxygen atoms in total. The topological polar surface area (TPSA) is 102 Å². The highest BCUT2D eigenvalue weighted by Crippen LogP contribution is 2.68. The molecule has 8 heteroatoms. The normalized spacial score (nSPS) is 41.3. The molecule has 0 aromatic rings. The number of nitrogens with zero attached hydrogens (tertiary/aromatic N) is 1. The van der Waals surface area contributed by atoms with Crippen molar-refractivity contribution in [1.29, 1.82) is 0 Å². The van der Waals surface area contributed by atoms with E-state index in [2.05, 4.69) is 13.8 Å².